The minimum absolute atomic E-state index is 0.659. The van der Waals surface area contributed by atoms with Crippen LogP contribution in [0.4, 0.5) is 0 Å². The molecule has 3 heterocycles. The van der Waals surface area contributed by atoms with Crippen LogP contribution in [-0.4, -0.2) is 19.9 Å². The summed E-state index contributed by atoms with van der Waals surface area (Å²) in [6.07, 6.45) is 1.85. The van der Waals surface area contributed by atoms with Crippen LogP contribution in [0.1, 0.15) is 0 Å². The van der Waals surface area contributed by atoms with Gasteiger partial charge >= 0.3 is 0 Å². The van der Waals surface area contributed by atoms with Gasteiger partial charge in [-0.1, -0.05) is 121 Å². The smallest absolute Gasteiger partial charge is 0.161 e. The molecule has 0 radical (unpaired) electrons. The van der Waals surface area contributed by atoms with Crippen molar-refractivity contribution in [2.75, 3.05) is 0 Å². The number of pyridine rings is 2. The molecule has 0 aliphatic heterocycles. The molecular formula is C42H26N4. The van der Waals surface area contributed by atoms with Gasteiger partial charge in [0.1, 0.15) is 0 Å². The number of nitrogens with zero attached hydrogens (tertiary/aromatic N) is 4. The molecule has 0 fully saturated rings. The summed E-state index contributed by atoms with van der Waals surface area (Å²) in [5, 5.41) is 6.86. The summed E-state index contributed by atoms with van der Waals surface area (Å²) in [7, 11) is 0. The Balaban J connectivity index is 1.31. The van der Waals surface area contributed by atoms with Gasteiger partial charge in [0.2, 0.25) is 0 Å². The van der Waals surface area contributed by atoms with Crippen molar-refractivity contribution in [1.82, 2.24) is 19.9 Å². The van der Waals surface area contributed by atoms with Gasteiger partial charge in [-0.3, -0.25) is 4.98 Å². The van der Waals surface area contributed by atoms with E-state index in [1.807, 2.05) is 48.7 Å². The Morgan fingerprint density at radius 2 is 1.04 bits per heavy atom. The Morgan fingerprint density at radius 3 is 1.80 bits per heavy atom. The highest BCUT2D eigenvalue weighted by Gasteiger charge is 2.19. The van der Waals surface area contributed by atoms with E-state index in [1.54, 1.807) is 0 Å². The number of hydrogen-bond donors (Lipinski definition) is 0. The normalized spacial score (nSPS) is 11.5. The van der Waals surface area contributed by atoms with Crippen molar-refractivity contribution in [3.63, 3.8) is 0 Å². The fraction of sp³-hybridized carbons (Fsp3) is 0. The summed E-state index contributed by atoms with van der Waals surface area (Å²) in [6.45, 7) is 0. The van der Waals surface area contributed by atoms with Crippen LogP contribution in [0.3, 0.4) is 0 Å². The number of para-hydroxylation sites is 1. The van der Waals surface area contributed by atoms with Crippen molar-refractivity contribution in [3.8, 4) is 45.2 Å². The zero-order chi connectivity index (χ0) is 30.5. The van der Waals surface area contributed by atoms with Crippen LogP contribution in [0.25, 0.3) is 88.5 Å². The maximum atomic E-state index is 5.27. The van der Waals surface area contributed by atoms with Gasteiger partial charge in [-0.15, -0.1) is 0 Å². The Bertz CT molecular complexity index is 2500. The molecule has 0 saturated carbocycles. The molecule has 0 unspecified atom stereocenters. The van der Waals surface area contributed by atoms with Crippen LogP contribution in [0.5, 0.6) is 0 Å². The van der Waals surface area contributed by atoms with Gasteiger partial charge in [-0.05, 0) is 41.1 Å². The van der Waals surface area contributed by atoms with Crippen LogP contribution in [0.2, 0.25) is 0 Å². The standard InChI is InChI=1S/C42H26N4/c1-3-13-28(14-4-1)37-26-38(29-15-5-2-6-16-29)46-42(45-37)32-23-24-35(40-31(32)19-11-25-43-40)41-34-22-21-27-12-7-8-17-30(27)39(34)33-18-9-10-20-36(33)44-41/h1-26H. The molecule has 4 nitrogen and oxygen atoms in total. The predicted octanol–water partition coefficient (Wildman–Crippen LogP) is 10.5. The lowest BCUT2D eigenvalue weighted by Crippen LogP contribution is -1.98. The van der Waals surface area contributed by atoms with Gasteiger partial charge in [-0.2, -0.15) is 0 Å². The summed E-state index contributed by atoms with van der Waals surface area (Å²) in [4.78, 5) is 20.5. The van der Waals surface area contributed by atoms with Gasteiger partial charge < -0.3 is 0 Å². The van der Waals surface area contributed by atoms with Crippen LogP contribution >= 0.6 is 0 Å². The molecule has 0 bridgehead atoms. The molecule has 0 atom stereocenters. The maximum Gasteiger partial charge on any atom is 0.161 e. The lowest BCUT2D eigenvalue weighted by atomic mass is 9.93. The summed E-state index contributed by atoms with van der Waals surface area (Å²) in [5.74, 6) is 0.659. The first kappa shape index (κ1) is 26.2. The minimum atomic E-state index is 0.659. The fourth-order valence-corrected chi connectivity index (χ4v) is 6.57. The van der Waals surface area contributed by atoms with Crippen LogP contribution in [0.15, 0.2) is 158 Å². The number of benzene rings is 6. The Kier molecular flexibility index (Phi) is 6.10. The number of aromatic nitrogens is 4. The number of hydrogen-bond acceptors (Lipinski definition) is 4. The van der Waals surface area contributed by atoms with E-state index in [0.29, 0.717) is 5.82 Å². The topological polar surface area (TPSA) is 51.6 Å². The first-order valence-corrected chi connectivity index (χ1v) is 15.4. The monoisotopic (exact) mass is 586 g/mol. The van der Waals surface area contributed by atoms with Crippen molar-refractivity contribution in [1.29, 1.82) is 0 Å². The van der Waals surface area contributed by atoms with Crippen LogP contribution in [0, 0.1) is 0 Å². The van der Waals surface area contributed by atoms with Gasteiger partial charge in [-0.25, -0.2) is 15.0 Å². The van der Waals surface area contributed by atoms with Gasteiger partial charge in [0.05, 0.1) is 28.1 Å². The first-order chi connectivity index (χ1) is 22.8. The quantitative estimate of drug-likeness (QED) is 0.193. The Labute approximate surface area is 265 Å². The predicted molar refractivity (Wildman–Crippen MR) is 189 cm³/mol. The van der Waals surface area contributed by atoms with E-state index < -0.39 is 0 Å². The number of rotatable bonds is 4. The Morgan fingerprint density at radius 1 is 0.413 bits per heavy atom. The zero-order valence-corrected chi connectivity index (χ0v) is 24.8. The molecule has 9 aromatic rings. The molecule has 9 rings (SSSR count). The van der Waals surface area contributed by atoms with Gasteiger partial charge in [0.15, 0.2) is 5.82 Å². The van der Waals surface area contributed by atoms with E-state index >= 15 is 0 Å². The van der Waals surface area contributed by atoms with E-state index in [-0.39, 0.29) is 0 Å². The maximum absolute atomic E-state index is 5.27. The molecule has 0 saturated heterocycles. The SMILES string of the molecule is c1ccc(-c2cc(-c3ccccc3)nc(-c3ccc(-c4nc5ccccc5c5c4ccc4ccccc45)c4ncccc34)n2)cc1. The second kappa shape index (κ2) is 10.7. The third-order valence-electron chi connectivity index (χ3n) is 8.72. The van der Waals surface area contributed by atoms with Crippen molar-refractivity contribution in [2.45, 2.75) is 0 Å². The molecule has 6 aromatic carbocycles. The molecular weight excluding hydrogens is 560 g/mol. The second-order valence-corrected chi connectivity index (χ2v) is 11.4. The van der Waals surface area contributed by atoms with Crippen molar-refractivity contribution in [3.05, 3.63) is 158 Å². The van der Waals surface area contributed by atoms with Crippen molar-refractivity contribution < 1.29 is 0 Å². The van der Waals surface area contributed by atoms with Gasteiger partial charge in [0.25, 0.3) is 0 Å². The molecule has 0 amide bonds. The highest BCUT2D eigenvalue weighted by Crippen LogP contribution is 2.40. The van der Waals surface area contributed by atoms with E-state index in [9.17, 15) is 0 Å². The zero-order valence-electron chi connectivity index (χ0n) is 24.8. The van der Waals surface area contributed by atoms with E-state index in [0.717, 1.165) is 66.5 Å². The largest absolute Gasteiger partial charge is 0.256 e. The summed E-state index contributed by atoms with van der Waals surface area (Å²) < 4.78 is 0. The third kappa shape index (κ3) is 4.31. The lowest BCUT2D eigenvalue weighted by Gasteiger charge is -2.15. The first-order valence-electron chi connectivity index (χ1n) is 15.4. The van der Waals surface area contributed by atoms with E-state index in [1.165, 1.54) is 16.2 Å². The molecule has 3 aromatic heterocycles. The minimum Gasteiger partial charge on any atom is -0.256 e. The summed E-state index contributed by atoms with van der Waals surface area (Å²) in [5.41, 5.74) is 8.49. The highest BCUT2D eigenvalue weighted by atomic mass is 14.9. The molecule has 0 aliphatic carbocycles. The Hall–Kier alpha value is -6.26. The second-order valence-electron chi connectivity index (χ2n) is 11.4. The summed E-state index contributed by atoms with van der Waals surface area (Å²) in [6, 6.07) is 52.3. The third-order valence-corrected chi connectivity index (χ3v) is 8.72. The van der Waals surface area contributed by atoms with Crippen LogP contribution in [-0.2, 0) is 0 Å². The average Bonchev–Trinajstić information content (AvgIpc) is 3.14. The number of fused-ring (bicyclic) bond motifs is 6. The van der Waals surface area contributed by atoms with E-state index in [2.05, 4.69) is 109 Å². The van der Waals surface area contributed by atoms with Crippen molar-refractivity contribution >= 4 is 43.4 Å². The highest BCUT2D eigenvalue weighted by molar-refractivity contribution is 6.23. The van der Waals surface area contributed by atoms with E-state index in [4.69, 9.17) is 19.9 Å². The average molecular weight is 587 g/mol. The molecule has 0 spiro atoms. The van der Waals surface area contributed by atoms with Gasteiger partial charge in [0, 0.05) is 50.0 Å². The molecule has 0 aliphatic rings. The fourth-order valence-electron chi connectivity index (χ4n) is 6.57. The lowest BCUT2D eigenvalue weighted by molar-refractivity contribution is 1.19. The molecule has 0 N–H and O–H groups in total. The van der Waals surface area contributed by atoms with Crippen LogP contribution < -0.4 is 0 Å². The van der Waals surface area contributed by atoms with Crippen molar-refractivity contribution in [2.24, 2.45) is 0 Å². The molecule has 214 valence electrons. The molecule has 46 heavy (non-hydrogen) atoms. The molecule has 4 heteroatoms. The summed E-state index contributed by atoms with van der Waals surface area (Å²) >= 11 is 0.